The zero-order chi connectivity index (χ0) is 13.7. The number of carbonyl (C=O) groups is 1. The minimum atomic E-state index is -0.682. The van der Waals surface area contributed by atoms with Crippen molar-refractivity contribution in [1.29, 1.82) is 0 Å². The molecule has 0 bridgehead atoms. The van der Waals surface area contributed by atoms with Crippen LogP contribution in [0.15, 0.2) is 18.2 Å². The van der Waals surface area contributed by atoms with Crippen LogP contribution in [0.2, 0.25) is 0 Å². The first-order valence-corrected chi connectivity index (χ1v) is 6.68. The molecule has 0 aliphatic heterocycles. The Morgan fingerprint density at radius 3 is 2.79 bits per heavy atom. The smallest absolute Gasteiger partial charge is 0.307 e. The van der Waals surface area contributed by atoms with Crippen molar-refractivity contribution in [2.24, 2.45) is 13.0 Å². The number of hydrogen-bond donors (Lipinski definition) is 1. The summed E-state index contributed by atoms with van der Waals surface area (Å²) < 4.78 is 2.11. The van der Waals surface area contributed by atoms with Crippen LogP contribution < -0.4 is 0 Å². The first kappa shape index (κ1) is 12.2. The maximum atomic E-state index is 11.0. The van der Waals surface area contributed by atoms with E-state index in [1.54, 1.807) is 0 Å². The number of rotatable bonds is 3. The number of benzene rings is 1. The van der Waals surface area contributed by atoms with Crippen molar-refractivity contribution in [2.45, 2.75) is 32.1 Å². The van der Waals surface area contributed by atoms with E-state index in [0.29, 0.717) is 5.92 Å². The average Bonchev–Trinajstić information content (AvgIpc) is 3.09. The molecule has 3 rings (SSSR count). The average molecular weight is 258 g/mol. The Labute approximate surface area is 112 Å². The minimum Gasteiger partial charge on any atom is -0.481 e. The predicted octanol–water partition coefficient (Wildman–Crippen LogP) is 2.88. The monoisotopic (exact) mass is 258 g/mol. The molecule has 1 N–H and O–H groups in total. The van der Waals surface area contributed by atoms with Crippen LogP contribution in [-0.4, -0.2) is 20.6 Å². The summed E-state index contributed by atoms with van der Waals surface area (Å²) in [4.78, 5) is 15.6. The quantitative estimate of drug-likeness (QED) is 0.921. The van der Waals surface area contributed by atoms with E-state index in [1.165, 1.54) is 0 Å². The summed E-state index contributed by atoms with van der Waals surface area (Å²) in [5.74, 6) is 0.749. The predicted molar refractivity (Wildman–Crippen MR) is 73.3 cm³/mol. The van der Waals surface area contributed by atoms with Crippen molar-refractivity contribution in [1.82, 2.24) is 9.55 Å². The van der Waals surface area contributed by atoms with E-state index in [-0.39, 0.29) is 11.8 Å². The molecule has 1 saturated carbocycles. The van der Waals surface area contributed by atoms with Gasteiger partial charge in [0.15, 0.2) is 0 Å². The fourth-order valence-corrected chi connectivity index (χ4v) is 2.81. The molecule has 4 heteroatoms. The highest BCUT2D eigenvalue weighted by molar-refractivity contribution is 5.79. The fraction of sp³-hybridized carbons (Fsp3) is 0.467. The molecule has 1 aliphatic carbocycles. The van der Waals surface area contributed by atoms with Crippen LogP contribution >= 0.6 is 0 Å². The van der Waals surface area contributed by atoms with Crippen molar-refractivity contribution in [3.05, 3.63) is 29.6 Å². The third-order valence-electron chi connectivity index (χ3n) is 3.99. The summed E-state index contributed by atoms with van der Waals surface area (Å²) in [5.41, 5.74) is 3.21. The molecule has 0 amide bonds. The molecule has 0 spiro atoms. The highest BCUT2D eigenvalue weighted by atomic mass is 16.4. The van der Waals surface area contributed by atoms with Gasteiger partial charge < -0.3 is 9.67 Å². The Bertz CT molecular complexity index is 657. The van der Waals surface area contributed by atoms with Crippen LogP contribution in [0.3, 0.4) is 0 Å². The normalized spacial score (nSPS) is 22.1. The van der Waals surface area contributed by atoms with E-state index >= 15 is 0 Å². The maximum absolute atomic E-state index is 11.0. The van der Waals surface area contributed by atoms with Crippen molar-refractivity contribution in [2.75, 3.05) is 0 Å². The Morgan fingerprint density at radius 1 is 1.47 bits per heavy atom. The number of nitrogens with zero attached hydrogens (tertiary/aromatic N) is 2. The lowest BCUT2D eigenvalue weighted by molar-refractivity contribution is -0.138. The van der Waals surface area contributed by atoms with E-state index in [1.807, 2.05) is 19.2 Å². The van der Waals surface area contributed by atoms with Crippen LogP contribution in [0.5, 0.6) is 0 Å². The Morgan fingerprint density at radius 2 is 2.21 bits per heavy atom. The van der Waals surface area contributed by atoms with Crippen molar-refractivity contribution in [3.8, 4) is 0 Å². The van der Waals surface area contributed by atoms with Gasteiger partial charge in [-0.05, 0) is 30.0 Å². The zero-order valence-electron chi connectivity index (χ0n) is 11.4. The molecule has 19 heavy (non-hydrogen) atoms. The van der Waals surface area contributed by atoms with E-state index in [2.05, 4.69) is 29.5 Å². The van der Waals surface area contributed by atoms with Gasteiger partial charge in [0.2, 0.25) is 0 Å². The molecule has 0 saturated heterocycles. The second-order valence-corrected chi connectivity index (χ2v) is 5.72. The molecule has 1 heterocycles. The summed E-state index contributed by atoms with van der Waals surface area (Å²) in [6, 6.07) is 6.13. The minimum absolute atomic E-state index is 0.180. The lowest BCUT2D eigenvalue weighted by Gasteiger charge is -2.05. The lowest BCUT2D eigenvalue weighted by atomic mass is 10.1. The first-order chi connectivity index (χ1) is 8.99. The second kappa shape index (κ2) is 4.08. The Kier molecular flexibility index (Phi) is 2.62. The molecule has 4 nitrogen and oxygen atoms in total. The first-order valence-electron chi connectivity index (χ1n) is 6.68. The van der Waals surface area contributed by atoms with E-state index in [4.69, 9.17) is 5.11 Å². The van der Waals surface area contributed by atoms with Crippen molar-refractivity contribution in [3.63, 3.8) is 0 Å². The standard InChI is InChI=1S/C15H18N2O2/c1-8(2)14-16-12-5-4-9(6-13(12)17(14)3)10-7-11(10)15(18)19/h4-6,8,10-11H,7H2,1-3H3,(H,18,19). The third kappa shape index (κ3) is 1.91. The maximum Gasteiger partial charge on any atom is 0.307 e. The molecule has 2 aromatic rings. The molecule has 1 aromatic heterocycles. The second-order valence-electron chi connectivity index (χ2n) is 5.72. The lowest BCUT2D eigenvalue weighted by Crippen LogP contribution is -2.00. The van der Waals surface area contributed by atoms with E-state index in [9.17, 15) is 4.79 Å². The van der Waals surface area contributed by atoms with Crippen LogP contribution in [-0.2, 0) is 11.8 Å². The zero-order valence-corrected chi connectivity index (χ0v) is 11.4. The third-order valence-corrected chi connectivity index (χ3v) is 3.99. The number of fused-ring (bicyclic) bond motifs is 1. The molecule has 2 atom stereocenters. The van der Waals surface area contributed by atoms with Gasteiger partial charge in [-0.1, -0.05) is 19.9 Å². The number of carboxylic acids is 1. The van der Waals surface area contributed by atoms with Crippen LogP contribution in [0, 0.1) is 5.92 Å². The Balaban J connectivity index is 2.02. The van der Waals surface area contributed by atoms with Gasteiger partial charge in [0.05, 0.1) is 17.0 Å². The van der Waals surface area contributed by atoms with Crippen molar-refractivity contribution >= 4 is 17.0 Å². The van der Waals surface area contributed by atoms with Gasteiger partial charge in [0.25, 0.3) is 0 Å². The van der Waals surface area contributed by atoms with Gasteiger partial charge in [-0.25, -0.2) is 4.98 Å². The van der Waals surface area contributed by atoms with Gasteiger partial charge in [-0.15, -0.1) is 0 Å². The van der Waals surface area contributed by atoms with Crippen LogP contribution in [0.1, 0.15) is 43.5 Å². The van der Waals surface area contributed by atoms with Gasteiger partial charge in [-0.3, -0.25) is 4.79 Å². The van der Waals surface area contributed by atoms with Gasteiger partial charge in [0, 0.05) is 13.0 Å². The molecule has 1 aliphatic rings. The number of imidazole rings is 1. The van der Waals surface area contributed by atoms with Gasteiger partial charge in [0.1, 0.15) is 5.82 Å². The number of aromatic nitrogens is 2. The van der Waals surface area contributed by atoms with Gasteiger partial charge >= 0.3 is 5.97 Å². The summed E-state index contributed by atoms with van der Waals surface area (Å²) in [5, 5.41) is 9.01. The van der Waals surface area contributed by atoms with Crippen molar-refractivity contribution < 1.29 is 9.90 Å². The topological polar surface area (TPSA) is 55.1 Å². The molecule has 1 fully saturated rings. The highest BCUT2D eigenvalue weighted by Crippen LogP contribution is 2.48. The molecule has 0 radical (unpaired) electrons. The molecule has 100 valence electrons. The number of aryl methyl sites for hydroxylation is 1. The molecular formula is C15H18N2O2. The van der Waals surface area contributed by atoms with E-state index in [0.717, 1.165) is 28.8 Å². The number of aliphatic carboxylic acids is 1. The SMILES string of the molecule is CC(C)c1nc2ccc(C3CC3C(=O)O)cc2n1C. The Hall–Kier alpha value is -1.84. The fourth-order valence-electron chi connectivity index (χ4n) is 2.81. The molecule has 2 unspecified atom stereocenters. The summed E-state index contributed by atoms with van der Waals surface area (Å²) in [7, 11) is 2.02. The molecule has 1 aromatic carbocycles. The largest absolute Gasteiger partial charge is 0.481 e. The summed E-state index contributed by atoms with van der Waals surface area (Å²) in [6.07, 6.45) is 0.760. The number of carboxylic acid groups (broad SMARTS) is 1. The van der Waals surface area contributed by atoms with Crippen LogP contribution in [0.4, 0.5) is 0 Å². The highest BCUT2D eigenvalue weighted by Gasteiger charge is 2.44. The summed E-state index contributed by atoms with van der Waals surface area (Å²) in [6.45, 7) is 4.26. The van der Waals surface area contributed by atoms with E-state index < -0.39 is 5.97 Å². The number of hydrogen-bond acceptors (Lipinski definition) is 2. The summed E-state index contributed by atoms with van der Waals surface area (Å²) >= 11 is 0. The molecular weight excluding hydrogens is 240 g/mol. The van der Waals surface area contributed by atoms with Crippen LogP contribution in [0.25, 0.3) is 11.0 Å². The van der Waals surface area contributed by atoms with Gasteiger partial charge in [-0.2, -0.15) is 0 Å².